The van der Waals surface area contributed by atoms with Crippen molar-refractivity contribution in [2.45, 2.75) is 75.3 Å². The number of aromatic nitrogens is 2. The Labute approximate surface area is 178 Å². The number of rotatable bonds is 7. The molecule has 30 heavy (non-hydrogen) atoms. The van der Waals surface area contributed by atoms with Gasteiger partial charge in [0.25, 0.3) is 5.91 Å². The first kappa shape index (κ1) is 20.2. The Bertz CT molecular complexity index is 779. The number of hydrogen-bond donors (Lipinski definition) is 3. The quantitative estimate of drug-likeness (QED) is 0.594. The van der Waals surface area contributed by atoms with E-state index in [9.17, 15) is 9.90 Å². The third-order valence-corrected chi connectivity index (χ3v) is 7.93. The fourth-order valence-corrected chi connectivity index (χ4v) is 6.88. The topological polar surface area (TPSA) is 96.4 Å². The number of carbonyl (C=O) groups is 1. The minimum Gasteiger partial charge on any atom is -0.390 e. The average molecular weight is 415 g/mol. The van der Waals surface area contributed by atoms with Crippen molar-refractivity contribution in [1.29, 1.82) is 0 Å². The van der Waals surface area contributed by atoms with Crippen LogP contribution in [0.25, 0.3) is 0 Å². The van der Waals surface area contributed by atoms with Crippen LogP contribution in [0.3, 0.4) is 0 Å². The Morgan fingerprint density at radius 2 is 1.97 bits per heavy atom. The summed E-state index contributed by atoms with van der Waals surface area (Å²) in [5, 5.41) is 17.4. The van der Waals surface area contributed by atoms with E-state index >= 15 is 0 Å². The first-order valence-electron chi connectivity index (χ1n) is 11.7. The molecule has 5 aliphatic carbocycles. The maximum atomic E-state index is 13.4. The van der Waals surface area contributed by atoms with E-state index < -0.39 is 5.60 Å². The molecule has 7 heteroatoms. The van der Waals surface area contributed by atoms with Crippen LogP contribution in [0.5, 0.6) is 0 Å². The summed E-state index contributed by atoms with van der Waals surface area (Å²) in [6.45, 7) is 1.23. The number of anilines is 1. The maximum Gasteiger partial charge on any atom is 0.254 e. The van der Waals surface area contributed by atoms with Gasteiger partial charge in [0, 0.05) is 31.8 Å². The molecule has 7 nitrogen and oxygen atoms in total. The molecular weight excluding hydrogens is 380 g/mol. The van der Waals surface area contributed by atoms with Gasteiger partial charge in [-0.1, -0.05) is 12.8 Å². The van der Waals surface area contributed by atoms with Gasteiger partial charge < -0.3 is 20.5 Å². The summed E-state index contributed by atoms with van der Waals surface area (Å²) >= 11 is 0. The minimum absolute atomic E-state index is 0.0372. The minimum atomic E-state index is -0.481. The second-order valence-electron chi connectivity index (χ2n) is 10.1. The zero-order valence-electron chi connectivity index (χ0n) is 17.9. The maximum absolute atomic E-state index is 13.4. The standard InChI is InChI=1S/C23H34N4O3/c1-30-7-6-24-22-25-13-18(20(27-22)15-4-2-3-5-15)21(28)26-19-16-8-14-9-17(19)12-23(29,10-14)11-16/h13-17,19,29H,2-12H2,1H3,(H,26,28)(H,24,25,27). The number of hydrogen-bond acceptors (Lipinski definition) is 6. The number of nitrogens with zero attached hydrogens (tertiary/aromatic N) is 2. The highest BCUT2D eigenvalue weighted by atomic mass is 16.5. The number of nitrogens with one attached hydrogen (secondary N) is 2. The first-order valence-corrected chi connectivity index (χ1v) is 11.7. The van der Waals surface area contributed by atoms with Crippen LogP contribution in [-0.2, 0) is 4.74 Å². The van der Waals surface area contributed by atoms with Gasteiger partial charge in [-0.05, 0) is 62.7 Å². The van der Waals surface area contributed by atoms with E-state index in [2.05, 4.69) is 15.6 Å². The lowest BCUT2D eigenvalue weighted by Gasteiger charge is -2.58. The molecule has 3 N–H and O–H groups in total. The van der Waals surface area contributed by atoms with Crippen molar-refractivity contribution in [2.24, 2.45) is 17.8 Å². The largest absolute Gasteiger partial charge is 0.390 e. The van der Waals surface area contributed by atoms with E-state index in [1.165, 1.54) is 12.8 Å². The van der Waals surface area contributed by atoms with Gasteiger partial charge in [-0.2, -0.15) is 0 Å². The fourth-order valence-electron chi connectivity index (χ4n) is 6.88. The Balaban J connectivity index is 1.34. The third-order valence-electron chi connectivity index (χ3n) is 7.93. The van der Waals surface area contributed by atoms with Crippen LogP contribution in [0.2, 0.25) is 0 Å². The molecule has 1 aromatic rings. The Hall–Kier alpha value is -1.73. The molecule has 5 aliphatic rings. The van der Waals surface area contributed by atoms with Gasteiger partial charge in [0.15, 0.2) is 0 Å². The molecule has 4 bridgehead atoms. The van der Waals surface area contributed by atoms with Crippen LogP contribution in [0.15, 0.2) is 6.20 Å². The highest BCUT2D eigenvalue weighted by Crippen LogP contribution is 2.55. The number of amides is 1. The molecule has 0 aromatic carbocycles. The summed E-state index contributed by atoms with van der Waals surface area (Å²) in [6, 6.07) is 0.172. The van der Waals surface area contributed by atoms with Gasteiger partial charge in [0.1, 0.15) is 0 Å². The summed E-state index contributed by atoms with van der Waals surface area (Å²) in [4.78, 5) is 22.6. The average Bonchev–Trinajstić information content (AvgIpc) is 3.24. The molecule has 0 saturated heterocycles. The molecule has 0 aliphatic heterocycles. The lowest BCUT2D eigenvalue weighted by atomic mass is 9.52. The fraction of sp³-hybridized carbons (Fsp3) is 0.783. The number of methoxy groups -OCH3 is 1. The molecule has 1 amide bonds. The molecule has 6 rings (SSSR count). The van der Waals surface area contributed by atoms with Crippen molar-refractivity contribution >= 4 is 11.9 Å². The number of ether oxygens (including phenoxy) is 1. The molecule has 2 atom stereocenters. The van der Waals surface area contributed by atoms with Gasteiger partial charge in [0.2, 0.25) is 5.95 Å². The van der Waals surface area contributed by atoms with Gasteiger partial charge in [-0.25, -0.2) is 9.97 Å². The van der Waals surface area contributed by atoms with Gasteiger partial charge in [-0.15, -0.1) is 0 Å². The predicted molar refractivity (Wildman–Crippen MR) is 113 cm³/mol. The summed E-state index contributed by atoms with van der Waals surface area (Å²) in [5.41, 5.74) is 1.04. The van der Waals surface area contributed by atoms with Gasteiger partial charge in [-0.3, -0.25) is 4.79 Å². The zero-order chi connectivity index (χ0) is 20.7. The highest BCUT2D eigenvalue weighted by Gasteiger charge is 2.55. The lowest BCUT2D eigenvalue weighted by molar-refractivity contribution is -0.136. The van der Waals surface area contributed by atoms with E-state index in [1.54, 1.807) is 13.3 Å². The van der Waals surface area contributed by atoms with E-state index in [0.29, 0.717) is 48.3 Å². The van der Waals surface area contributed by atoms with E-state index in [-0.39, 0.29) is 11.9 Å². The van der Waals surface area contributed by atoms with Crippen LogP contribution in [0.1, 0.15) is 79.8 Å². The van der Waals surface area contributed by atoms with Gasteiger partial charge in [0.05, 0.1) is 23.5 Å². The molecular formula is C23H34N4O3. The summed E-state index contributed by atoms with van der Waals surface area (Å²) in [7, 11) is 1.67. The molecule has 0 spiro atoms. The van der Waals surface area contributed by atoms with Crippen molar-refractivity contribution in [2.75, 3.05) is 25.6 Å². The summed E-state index contributed by atoms with van der Waals surface area (Å²) in [5.74, 6) is 2.30. The Kier molecular flexibility index (Phi) is 5.44. The van der Waals surface area contributed by atoms with E-state index in [1.807, 2.05) is 0 Å². The van der Waals surface area contributed by atoms with Crippen molar-refractivity contribution in [1.82, 2.24) is 15.3 Å². The second kappa shape index (κ2) is 8.08. The van der Waals surface area contributed by atoms with Crippen LogP contribution in [-0.4, -0.2) is 52.9 Å². The van der Waals surface area contributed by atoms with Crippen molar-refractivity contribution < 1.29 is 14.6 Å². The predicted octanol–water partition coefficient (Wildman–Crippen LogP) is 2.86. The van der Waals surface area contributed by atoms with Crippen molar-refractivity contribution in [3.05, 3.63) is 17.5 Å². The van der Waals surface area contributed by atoms with Crippen LogP contribution in [0.4, 0.5) is 5.95 Å². The lowest BCUT2D eigenvalue weighted by Crippen LogP contribution is -2.61. The molecule has 164 valence electrons. The zero-order valence-corrected chi connectivity index (χ0v) is 17.9. The van der Waals surface area contributed by atoms with Crippen LogP contribution >= 0.6 is 0 Å². The van der Waals surface area contributed by atoms with E-state index in [4.69, 9.17) is 9.72 Å². The Morgan fingerprint density at radius 3 is 2.63 bits per heavy atom. The molecule has 1 heterocycles. The Morgan fingerprint density at radius 1 is 1.23 bits per heavy atom. The number of aliphatic hydroxyl groups is 1. The second-order valence-corrected chi connectivity index (χ2v) is 10.1. The third kappa shape index (κ3) is 3.82. The molecule has 2 unspecified atom stereocenters. The SMILES string of the molecule is COCCNc1ncc(C(=O)NC2C3CC4CC2CC(O)(C4)C3)c(C2CCCC2)n1. The summed E-state index contributed by atoms with van der Waals surface area (Å²) in [6.07, 6.45) is 11.1. The summed E-state index contributed by atoms with van der Waals surface area (Å²) < 4.78 is 5.09. The molecule has 5 fully saturated rings. The van der Waals surface area contributed by atoms with Crippen LogP contribution in [0, 0.1) is 17.8 Å². The smallest absolute Gasteiger partial charge is 0.254 e. The number of carbonyl (C=O) groups excluding carboxylic acids is 1. The first-order chi connectivity index (χ1) is 14.5. The van der Waals surface area contributed by atoms with Crippen LogP contribution < -0.4 is 10.6 Å². The highest BCUT2D eigenvalue weighted by molar-refractivity contribution is 5.95. The molecule has 0 radical (unpaired) electrons. The normalized spacial score (nSPS) is 35.0. The molecule has 1 aromatic heterocycles. The monoisotopic (exact) mass is 414 g/mol. The van der Waals surface area contributed by atoms with E-state index in [0.717, 1.165) is 50.6 Å². The molecule has 5 saturated carbocycles. The van der Waals surface area contributed by atoms with Crippen molar-refractivity contribution in [3.8, 4) is 0 Å². The van der Waals surface area contributed by atoms with Gasteiger partial charge >= 0.3 is 0 Å². The van der Waals surface area contributed by atoms with Crippen molar-refractivity contribution in [3.63, 3.8) is 0 Å².